The van der Waals surface area contributed by atoms with Gasteiger partial charge in [-0.25, -0.2) is 4.79 Å². The van der Waals surface area contributed by atoms with Crippen molar-refractivity contribution in [2.75, 3.05) is 13.1 Å². The molecule has 0 bridgehead atoms. The molecule has 2 rings (SSSR count). The maximum absolute atomic E-state index is 12.3. The van der Waals surface area contributed by atoms with E-state index in [2.05, 4.69) is 0 Å². The lowest BCUT2D eigenvalue weighted by Crippen LogP contribution is -2.53. The number of carbonyl (C=O) groups is 2. The van der Waals surface area contributed by atoms with Crippen LogP contribution >= 0.6 is 0 Å². The monoisotopic (exact) mass is 319 g/mol. The minimum Gasteiger partial charge on any atom is -0.481 e. The Hall–Kier alpha value is -2.04. The molecule has 0 radical (unpaired) electrons. The third-order valence-corrected chi connectivity index (χ3v) is 4.32. The van der Waals surface area contributed by atoms with Gasteiger partial charge in [-0.3, -0.25) is 4.79 Å². The van der Waals surface area contributed by atoms with E-state index in [1.807, 2.05) is 30.3 Å². The van der Waals surface area contributed by atoms with Gasteiger partial charge in [0.05, 0.1) is 5.41 Å². The molecule has 0 spiro atoms. The first-order chi connectivity index (χ1) is 10.6. The second kappa shape index (κ2) is 6.22. The zero-order valence-electron chi connectivity index (χ0n) is 14.2. The van der Waals surface area contributed by atoms with Crippen LogP contribution in [0.4, 0.5) is 4.79 Å². The van der Waals surface area contributed by atoms with E-state index in [1.165, 1.54) is 4.90 Å². The largest absolute Gasteiger partial charge is 0.481 e. The molecule has 1 amide bonds. The number of hydrogen-bond donors (Lipinski definition) is 1. The predicted octanol–water partition coefficient (Wildman–Crippen LogP) is 3.50. The van der Waals surface area contributed by atoms with E-state index < -0.39 is 23.1 Å². The Morgan fingerprint density at radius 3 is 2.39 bits per heavy atom. The first-order valence-electron chi connectivity index (χ1n) is 7.90. The molecule has 0 saturated carbocycles. The molecule has 0 aromatic heterocycles. The molecule has 126 valence electrons. The van der Waals surface area contributed by atoms with Crippen molar-refractivity contribution >= 4 is 12.1 Å². The second-order valence-corrected chi connectivity index (χ2v) is 7.38. The van der Waals surface area contributed by atoms with Crippen LogP contribution in [0, 0.1) is 5.41 Å². The quantitative estimate of drug-likeness (QED) is 0.906. The number of hydrogen-bond acceptors (Lipinski definition) is 3. The van der Waals surface area contributed by atoms with Gasteiger partial charge < -0.3 is 14.7 Å². The van der Waals surface area contributed by atoms with E-state index in [1.54, 1.807) is 27.7 Å². The van der Waals surface area contributed by atoms with Crippen LogP contribution in [0.25, 0.3) is 0 Å². The van der Waals surface area contributed by atoms with Crippen molar-refractivity contribution in [2.24, 2.45) is 5.41 Å². The lowest BCUT2D eigenvalue weighted by molar-refractivity contribution is -0.152. The number of rotatable bonds is 2. The van der Waals surface area contributed by atoms with E-state index in [0.717, 1.165) is 5.56 Å². The number of ether oxygens (including phenoxy) is 1. The normalized spacial score (nSPS) is 25.0. The minimum absolute atomic E-state index is 0.125. The van der Waals surface area contributed by atoms with Crippen LogP contribution in [0.2, 0.25) is 0 Å². The summed E-state index contributed by atoms with van der Waals surface area (Å²) in [5.41, 5.74) is -0.620. The van der Waals surface area contributed by atoms with Crippen LogP contribution in [-0.4, -0.2) is 40.8 Å². The highest BCUT2D eigenvalue weighted by Gasteiger charge is 2.48. The van der Waals surface area contributed by atoms with Gasteiger partial charge in [-0.2, -0.15) is 0 Å². The predicted molar refractivity (Wildman–Crippen MR) is 87.3 cm³/mol. The van der Waals surface area contributed by atoms with Crippen molar-refractivity contribution in [1.29, 1.82) is 0 Å². The highest BCUT2D eigenvalue weighted by Crippen LogP contribution is 2.43. The number of nitrogens with zero attached hydrogens (tertiary/aromatic N) is 1. The van der Waals surface area contributed by atoms with E-state index >= 15 is 0 Å². The Morgan fingerprint density at radius 1 is 1.26 bits per heavy atom. The fourth-order valence-electron chi connectivity index (χ4n) is 3.11. The van der Waals surface area contributed by atoms with E-state index in [9.17, 15) is 14.7 Å². The van der Waals surface area contributed by atoms with Crippen LogP contribution in [0.3, 0.4) is 0 Å². The second-order valence-electron chi connectivity index (χ2n) is 7.38. The number of benzene rings is 1. The van der Waals surface area contributed by atoms with Gasteiger partial charge in [0.2, 0.25) is 0 Å². The number of piperidine rings is 1. The third kappa shape index (κ3) is 3.84. The standard InChI is InChI=1S/C18H25NO4/c1-17(2,3)23-16(22)19-11-10-14(13-8-6-5-7-9-13)18(4,12-19)15(20)21/h5-9,14H,10-12H2,1-4H3,(H,20,21)/t14-,18+/m0/s1. The molecule has 1 fully saturated rings. The summed E-state index contributed by atoms with van der Waals surface area (Å²) >= 11 is 0. The van der Waals surface area contributed by atoms with Crippen molar-refractivity contribution in [3.8, 4) is 0 Å². The molecule has 1 heterocycles. The molecular weight excluding hydrogens is 294 g/mol. The zero-order valence-corrected chi connectivity index (χ0v) is 14.2. The molecule has 1 aromatic carbocycles. The van der Waals surface area contributed by atoms with Crippen LogP contribution in [0.1, 0.15) is 45.6 Å². The Bertz CT molecular complexity index is 578. The van der Waals surface area contributed by atoms with Crippen molar-refractivity contribution in [2.45, 2.75) is 45.6 Å². The minimum atomic E-state index is -1.03. The molecule has 1 aliphatic rings. The molecular formula is C18H25NO4. The maximum atomic E-state index is 12.3. The first kappa shape index (κ1) is 17.3. The molecule has 5 nitrogen and oxygen atoms in total. The van der Waals surface area contributed by atoms with Crippen LogP contribution in [-0.2, 0) is 9.53 Å². The number of amides is 1. The average molecular weight is 319 g/mol. The Morgan fingerprint density at radius 2 is 1.87 bits per heavy atom. The highest BCUT2D eigenvalue weighted by atomic mass is 16.6. The lowest BCUT2D eigenvalue weighted by atomic mass is 9.69. The van der Waals surface area contributed by atoms with Gasteiger partial charge in [-0.05, 0) is 39.7 Å². The van der Waals surface area contributed by atoms with Crippen LogP contribution < -0.4 is 0 Å². The van der Waals surface area contributed by atoms with Crippen LogP contribution in [0.15, 0.2) is 30.3 Å². The fraction of sp³-hybridized carbons (Fsp3) is 0.556. The topological polar surface area (TPSA) is 66.8 Å². The number of carbonyl (C=O) groups excluding carboxylic acids is 1. The van der Waals surface area contributed by atoms with Crippen molar-refractivity contribution in [3.05, 3.63) is 35.9 Å². The van der Waals surface area contributed by atoms with Gasteiger partial charge in [-0.1, -0.05) is 30.3 Å². The van der Waals surface area contributed by atoms with E-state index in [4.69, 9.17) is 4.74 Å². The van der Waals surface area contributed by atoms with E-state index in [0.29, 0.717) is 13.0 Å². The summed E-state index contributed by atoms with van der Waals surface area (Å²) in [6.07, 6.45) is 0.156. The number of likely N-dealkylation sites (tertiary alicyclic amines) is 1. The Kier molecular flexibility index (Phi) is 4.68. The van der Waals surface area contributed by atoms with Crippen LogP contribution in [0.5, 0.6) is 0 Å². The molecule has 1 aliphatic heterocycles. The molecule has 2 atom stereocenters. The zero-order chi connectivity index (χ0) is 17.3. The van der Waals surface area contributed by atoms with Gasteiger partial charge in [-0.15, -0.1) is 0 Å². The van der Waals surface area contributed by atoms with Gasteiger partial charge in [0, 0.05) is 19.0 Å². The van der Waals surface area contributed by atoms with Gasteiger partial charge in [0.15, 0.2) is 0 Å². The molecule has 5 heteroatoms. The smallest absolute Gasteiger partial charge is 0.410 e. The third-order valence-electron chi connectivity index (χ3n) is 4.32. The van der Waals surface area contributed by atoms with Gasteiger partial charge in [0.25, 0.3) is 0 Å². The summed E-state index contributed by atoms with van der Waals surface area (Å²) in [5.74, 6) is -1.01. The lowest BCUT2D eigenvalue weighted by Gasteiger charge is -2.43. The van der Waals surface area contributed by atoms with Gasteiger partial charge in [0.1, 0.15) is 5.60 Å². The number of aliphatic carboxylic acids is 1. The van der Waals surface area contributed by atoms with E-state index in [-0.39, 0.29) is 12.5 Å². The van der Waals surface area contributed by atoms with Crippen molar-refractivity contribution in [3.63, 3.8) is 0 Å². The number of carboxylic acid groups (broad SMARTS) is 1. The van der Waals surface area contributed by atoms with Gasteiger partial charge >= 0.3 is 12.1 Å². The molecule has 1 saturated heterocycles. The van der Waals surface area contributed by atoms with Crippen molar-refractivity contribution < 1.29 is 19.4 Å². The Balaban J connectivity index is 2.23. The summed E-state index contributed by atoms with van der Waals surface area (Å²) in [4.78, 5) is 25.7. The molecule has 23 heavy (non-hydrogen) atoms. The molecule has 1 aromatic rings. The number of carboxylic acids is 1. The summed E-state index contributed by atoms with van der Waals surface area (Å²) in [6.45, 7) is 7.77. The summed E-state index contributed by atoms with van der Waals surface area (Å²) in [6, 6.07) is 9.65. The molecule has 0 unspecified atom stereocenters. The molecule has 0 aliphatic carbocycles. The fourth-order valence-corrected chi connectivity index (χ4v) is 3.11. The highest BCUT2D eigenvalue weighted by molar-refractivity contribution is 5.78. The summed E-state index contributed by atoms with van der Waals surface area (Å²) in [7, 11) is 0. The summed E-state index contributed by atoms with van der Waals surface area (Å²) < 4.78 is 5.39. The summed E-state index contributed by atoms with van der Waals surface area (Å²) in [5, 5.41) is 9.78. The maximum Gasteiger partial charge on any atom is 0.410 e. The SMILES string of the molecule is CC(C)(C)OC(=O)N1CC[C@@H](c2ccccc2)[C@](C)(C(=O)O)C1. The average Bonchev–Trinajstić information content (AvgIpc) is 2.46. The van der Waals surface area contributed by atoms with Crippen molar-refractivity contribution in [1.82, 2.24) is 4.90 Å². The Labute approximate surface area is 137 Å². The molecule has 1 N–H and O–H groups in total. The first-order valence-corrected chi connectivity index (χ1v) is 7.90.